The summed E-state index contributed by atoms with van der Waals surface area (Å²) in [6.45, 7) is 7.80. The number of benzene rings is 2. The molecule has 0 unspecified atom stereocenters. The molecule has 0 atom stereocenters. The van der Waals surface area contributed by atoms with Crippen LogP contribution in [0.4, 0.5) is 4.79 Å². The maximum atomic E-state index is 13.1. The zero-order valence-electron chi connectivity index (χ0n) is 24.3. The summed E-state index contributed by atoms with van der Waals surface area (Å²) in [5.41, 5.74) is 9.23. The predicted molar refractivity (Wildman–Crippen MR) is 159 cm³/mol. The number of aromatic nitrogens is 1. The van der Waals surface area contributed by atoms with Gasteiger partial charge in [0.15, 0.2) is 11.5 Å². The number of piperazine rings is 1. The summed E-state index contributed by atoms with van der Waals surface area (Å²) in [6.07, 6.45) is 2.62. The van der Waals surface area contributed by atoms with E-state index in [0.29, 0.717) is 62.3 Å². The van der Waals surface area contributed by atoms with Gasteiger partial charge in [-0.25, -0.2) is 4.79 Å². The van der Waals surface area contributed by atoms with E-state index in [4.69, 9.17) is 19.9 Å². The van der Waals surface area contributed by atoms with Gasteiger partial charge in [-0.15, -0.1) is 0 Å². The van der Waals surface area contributed by atoms with E-state index in [1.54, 1.807) is 35.2 Å². The number of nitrogens with zero attached hydrogens (tertiary/aromatic N) is 4. The third kappa shape index (κ3) is 7.12. The Morgan fingerprint density at radius 1 is 0.905 bits per heavy atom. The van der Waals surface area contributed by atoms with Crippen molar-refractivity contribution in [3.8, 4) is 17.2 Å². The van der Waals surface area contributed by atoms with Gasteiger partial charge in [-0.2, -0.15) is 0 Å². The third-order valence-electron chi connectivity index (χ3n) is 7.96. The van der Waals surface area contributed by atoms with E-state index in [0.717, 1.165) is 37.2 Å². The number of carbonyl (C=O) groups excluding carboxylic acids is 2. The van der Waals surface area contributed by atoms with Crippen LogP contribution in [0.25, 0.3) is 0 Å². The maximum absolute atomic E-state index is 13.1. The number of primary amides is 1. The summed E-state index contributed by atoms with van der Waals surface area (Å²) in [4.78, 5) is 34.4. The Hall–Kier alpha value is -4.31. The van der Waals surface area contributed by atoms with Crippen LogP contribution < -0.4 is 19.9 Å². The van der Waals surface area contributed by atoms with Gasteiger partial charge in [-0.05, 0) is 41.3 Å². The van der Waals surface area contributed by atoms with Crippen molar-refractivity contribution in [2.75, 3.05) is 59.5 Å². The number of urea groups is 1. The molecule has 0 saturated carbocycles. The number of ether oxygens (including phenoxy) is 3. The molecule has 2 aliphatic heterocycles. The van der Waals surface area contributed by atoms with Crippen LogP contribution in [0.15, 0.2) is 60.8 Å². The highest BCUT2D eigenvalue weighted by Crippen LogP contribution is 2.35. The zero-order chi connectivity index (χ0) is 29.5. The minimum atomic E-state index is -0.375. The Balaban J connectivity index is 1.09. The molecule has 3 aromatic rings. The van der Waals surface area contributed by atoms with Crippen molar-refractivity contribution in [1.29, 1.82) is 0 Å². The van der Waals surface area contributed by atoms with Crippen LogP contribution in [0.5, 0.6) is 17.2 Å². The van der Waals surface area contributed by atoms with Gasteiger partial charge in [-0.3, -0.25) is 14.7 Å². The molecule has 0 bridgehead atoms. The standard InChI is InChI=1S/C32H39N5O5/c1-3-23-4-6-24(7-5-23)22-42-29-9-8-25(18-30(29)40-2)26-20-37(21-26)31(38)28-19-27(10-11-34-28)41-17-16-35-12-14-36(15-13-35)32(33)39/h4-11,18-19,26H,3,12-17,20-22H2,1-2H3,(H2,33,39). The van der Waals surface area contributed by atoms with Crippen LogP contribution in [0, 0.1) is 0 Å². The smallest absolute Gasteiger partial charge is 0.314 e. The van der Waals surface area contributed by atoms with Gasteiger partial charge in [-0.1, -0.05) is 37.3 Å². The number of hydrogen-bond acceptors (Lipinski definition) is 7. The lowest BCUT2D eigenvalue weighted by molar-refractivity contribution is 0.0595. The number of amides is 3. The highest BCUT2D eigenvalue weighted by molar-refractivity contribution is 5.93. The third-order valence-corrected chi connectivity index (χ3v) is 7.96. The normalized spacial score (nSPS) is 15.7. The van der Waals surface area contributed by atoms with Crippen molar-refractivity contribution >= 4 is 11.9 Å². The fourth-order valence-corrected chi connectivity index (χ4v) is 5.21. The number of pyridine rings is 1. The molecule has 0 radical (unpaired) electrons. The molecule has 10 nitrogen and oxygen atoms in total. The van der Waals surface area contributed by atoms with Crippen molar-refractivity contribution in [1.82, 2.24) is 19.7 Å². The van der Waals surface area contributed by atoms with Crippen molar-refractivity contribution in [2.45, 2.75) is 25.9 Å². The molecule has 3 heterocycles. The summed E-state index contributed by atoms with van der Waals surface area (Å²) in [7, 11) is 1.64. The molecule has 10 heteroatoms. The quantitative estimate of drug-likeness (QED) is 0.374. The Morgan fingerprint density at radius 3 is 2.33 bits per heavy atom. The molecule has 222 valence electrons. The zero-order valence-corrected chi connectivity index (χ0v) is 24.3. The first-order valence-electron chi connectivity index (χ1n) is 14.5. The summed E-state index contributed by atoms with van der Waals surface area (Å²) in [5.74, 6) is 2.10. The number of carbonyl (C=O) groups is 2. The number of hydrogen-bond donors (Lipinski definition) is 1. The largest absolute Gasteiger partial charge is 0.493 e. The molecule has 2 fully saturated rings. The molecule has 0 aliphatic carbocycles. The van der Waals surface area contributed by atoms with Gasteiger partial charge in [0.2, 0.25) is 0 Å². The van der Waals surface area contributed by atoms with Crippen molar-refractivity contribution in [3.05, 3.63) is 83.2 Å². The molecule has 5 rings (SSSR count). The SMILES string of the molecule is CCc1ccc(COc2ccc(C3CN(C(=O)c4cc(OCCN5CCN(C(N)=O)CC5)ccn4)C3)cc2OC)cc1. The second-order valence-corrected chi connectivity index (χ2v) is 10.7. The molecular weight excluding hydrogens is 534 g/mol. The lowest BCUT2D eigenvalue weighted by Crippen LogP contribution is -2.51. The molecule has 3 amide bonds. The highest BCUT2D eigenvalue weighted by atomic mass is 16.5. The maximum Gasteiger partial charge on any atom is 0.314 e. The van der Waals surface area contributed by atoms with Crippen LogP contribution in [-0.4, -0.2) is 91.2 Å². The Labute approximate surface area is 247 Å². The van der Waals surface area contributed by atoms with Crippen molar-refractivity contribution < 1.29 is 23.8 Å². The van der Waals surface area contributed by atoms with Crippen molar-refractivity contribution in [3.63, 3.8) is 0 Å². The average Bonchev–Trinajstić information content (AvgIpc) is 3.00. The summed E-state index contributed by atoms with van der Waals surface area (Å²) in [5, 5.41) is 0. The fourth-order valence-electron chi connectivity index (χ4n) is 5.21. The van der Waals surface area contributed by atoms with Gasteiger partial charge < -0.3 is 29.7 Å². The number of nitrogens with two attached hydrogens (primary N) is 1. The molecular formula is C32H39N5O5. The Kier molecular flexibility index (Phi) is 9.43. The fraction of sp³-hybridized carbons (Fsp3) is 0.406. The van der Waals surface area contributed by atoms with E-state index in [-0.39, 0.29) is 17.9 Å². The Morgan fingerprint density at radius 2 is 1.64 bits per heavy atom. The van der Waals surface area contributed by atoms with E-state index < -0.39 is 0 Å². The first-order chi connectivity index (χ1) is 20.4. The van der Waals surface area contributed by atoms with E-state index in [9.17, 15) is 9.59 Å². The van der Waals surface area contributed by atoms with Crippen LogP contribution in [0.3, 0.4) is 0 Å². The highest BCUT2D eigenvalue weighted by Gasteiger charge is 2.33. The number of rotatable bonds is 11. The van der Waals surface area contributed by atoms with Crippen LogP contribution in [0.2, 0.25) is 0 Å². The van der Waals surface area contributed by atoms with E-state index in [1.165, 1.54) is 5.56 Å². The van der Waals surface area contributed by atoms with Crippen LogP contribution >= 0.6 is 0 Å². The summed E-state index contributed by atoms with van der Waals surface area (Å²) in [6, 6.07) is 17.5. The number of aryl methyl sites for hydroxylation is 1. The molecule has 1 aromatic heterocycles. The second-order valence-electron chi connectivity index (χ2n) is 10.7. The summed E-state index contributed by atoms with van der Waals surface area (Å²) < 4.78 is 17.6. The molecule has 2 aromatic carbocycles. The van der Waals surface area contributed by atoms with Crippen molar-refractivity contribution in [2.24, 2.45) is 5.73 Å². The monoisotopic (exact) mass is 573 g/mol. The summed E-state index contributed by atoms with van der Waals surface area (Å²) >= 11 is 0. The predicted octanol–water partition coefficient (Wildman–Crippen LogP) is 3.55. The molecule has 2 aliphatic rings. The average molecular weight is 574 g/mol. The van der Waals surface area contributed by atoms with E-state index in [1.807, 2.05) is 18.2 Å². The Bertz CT molecular complexity index is 1370. The minimum absolute atomic E-state index is 0.111. The molecule has 2 saturated heterocycles. The van der Waals surface area contributed by atoms with Gasteiger partial charge in [0.1, 0.15) is 24.7 Å². The van der Waals surface area contributed by atoms with Gasteiger partial charge >= 0.3 is 6.03 Å². The lowest BCUT2D eigenvalue weighted by atomic mass is 9.91. The first kappa shape index (κ1) is 29.2. The molecule has 0 spiro atoms. The van der Waals surface area contributed by atoms with Gasteiger partial charge in [0.25, 0.3) is 5.91 Å². The molecule has 42 heavy (non-hydrogen) atoms. The lowest BCUT2D eigenvalue weighted by Gasteiger charge is -2.39. The van der Waals surface area contributed by atoms with Gasteiger partial charge in [0, 0.05) is 64.0 Å². The first-order valence-corrected chi connectivity index (χ1v) is 14.5. The number of methoxy groups -OCH3 is 1. The number of likely N-dealkylation sites (tertiary alicyclic amines) is 1. The van der Waals surface area contributed by atoms with Crippen LogP contribution in [-0.2, 0) is 13.0 Å². The van der Waals surface area contributed by atoms with E-state index >= 15 is 0 Å². The second kappa shape index (κ2) is 13.6. The minimum Gasteiger partial charge on any atom is -0.493 e. The molecule has 2 N–H and O–H groups in total. The topological polar surface area (TPSA) is 110 Å². The van der Waals surface area contributed by atoms with Gasteiger partial charge in [0.05, 0.1) is 7.11 Å². The van der Waals surface area contributed by atoms with E-state index in [2.05, 4.69) is 41.1 Å². The van der Waals surface area contributed by atoms with Crippen LogP contribution in [0.1, 0.15) is 40.0 Å².